The summed E-state index contributed by atoms with van der Waals surface area (Å²) in [5, 5.41) is 0. The predicted octanol–water partition coefficient (Wildman–Crippen LogP) is 4.53. The Balaban J connectivity index is 1.79. The maximum atomic E-state index is 3.80. The SMILES string of the molecule is C=Cc1ccc(CCN2CCCCCCCC2)cc1. The number of rotatable bonds is 4. The summed E-state index contributed by atoms with van der Waals surface area (Å²) < 4.78 is 0. The molecular weight excluding hydrogens is 230 g/mol. The van der Waals surface area contributed by atoms with Crippen LogP contribution in [0.25, 0.3) is 6.08 Å². The standard InChI is InChI=1S/C18H27N/c1-2-17-9-11-18(12-10-17)13-16-19-14-7-5-3-4-6-8-15-19/h2,9-12H,1,3-8,13-16H2. The zero-order valence-electron chi connectivity index (χ0n) is 12.1. The minimum atomic E-state index is 1.18. The molecule has 0 unspecified atom stereocenters. The third-order valence-corrected chi connectivity index (χ3v) is 4.13. The van der Waals surface area contributed by atoms with Gasteiger partial charge < -0.3 is 4.90 Å². The second-order valence-electron chi connectivity index (χ2n) is 5.66. The summed E-state index contributed by atoms with van der Waals surface area (Å²) in [6.07, 6.45) is 11.6. The molecule has 1 aromatic carbocycles. The summed E-state index contributed by atoms with van der Waals surface area (Å²) in [7, 11) is 0. The summed E-state index contributed by atoms with van der Waals surface area (Å²) in [4.78, 5) is 2.66. The van der Waals surface area contributed by atoms with Gasteiger partial charge in [0.15, 0.2) is 0 Å². The summed E-state index contributed by atoms with van der Waals surface area (Å²) in [6, 6.07) is 8.82. The highest BCUT2D eigenvalue weighted by Gasteiger charge is 2.07. The maximum Gasteiger partial charge on any atom is 0.00218 e. The van der Waals surface area contributed by atoms with Gasteiger partial charge in [-0.3, -0.25) is 0 Å². The lowest BCUT2D eigenvalue weighted by Crippen LogP contribution is -2.28. The summed E-state index contributed by atoms with van der Waals surface area (Å²) in [6.45, 7) is 7.61. The molecule has 1 aliphatic rings. The van der Waals surface area contributed by atoms with E-state index >= 15 is 0 Å². The molecule has 0 radical (unpaired) electrons. The van der Waals surface area contributed by atoms with Crippen LogP contribution in [-0.2, 0) is 6.42 Å². The molecule has 1 fully saturated rings. The molecule has 1 heteroatoms. The van der Waals surface area contributed by atoms with Crippen molar-refractivity contribution < 1.29 is 0 Å². The van der Waals surface area contributed by atoms with Gasteiger partial charge in [-0.15, -0.1) is 0 Å². The van der Waals surface area contributed by atoms with Crippen LogP contribution in [-0.4, -0.2) is 24.5 Å². The number of benzene rings is 1. The van der Waals surface area contributed by atoms with Gasteiger partial charge in [-0.1, -0.05) is 62.6 Å². The van der Waals surface area contributed by atoms with Crippen LogP contribution in [0.2, 0.25) is 0 Å². The highest BCUT2D eigenvalue weighted by molar-refractivity contribution is 5.47. The minimum absolute atomic E-state index is 1.18. The highest BCUT2D eigenvalue weighted by atomic mass is 15.1. The quantitative estimate of drug-likeness (QED) is 0.766. The summed E-state index contributed by atoms with van der Waals surface area (Å²) in [5.74, 6) is 0. The lowest BCUT2D eigenvalue weighted by atomic mass is 10.1. The third kappa shape index (κ3) is 5.20. The van der Waals surface area contributed by atoms with E-state index in [-0.39, 0.29) is 0 Å². The molecule has 1 aromatic rings. The van der Waals surface area contributed by atoms with Gasteiger partial charge in [-0.2, -0.15) is 0 Å². The Labute approximate surface area is 118 Å². The second-order valence-corrected chi connectivity index (χ2v) is 5.66. The molecule has 0 amide bonds. The van der Waals surface area contributed by atoms with Crippen LogP contribution in [0, 0.1) is 0 Å². The zero-order valence-corrected chi connectivity index (χ0v) is 12.1. The smallest absolute Gasteiger partial charge is 0.00218 e. The van der Waals surface area contributed by atoms with Crippen LogP contribution >= 0.6 is 0 Å². The van der Waals surface area contributed by atoms with Crippen LogP contribution in [0.5, 0.6) is 0 Å². The molecule has 0 atom stereocenters. The van der Waals surface area contributed by atoms with Crippen molar-refractivity contribution in [2.45, 2.75) is 44.9 Å². The lowest BCUT2D eigenvalue weighted by Gasteiger charge is -2.21. The van der Waals surface area contributed by atoms with Crippen molar-refractivity contribution in [3.63, 3.8) is 0 Å². The Morgan fingerprint density at radius 2 is 1.47 bits per heavy atom. The van der Waals surface area contributed by atoms with E-state index in [1.165, 1.54) is 75.7 Å². The average Bonchev–Trinajstić information content (AvgIpc) is 2.59. The fourth-order valence-corrected chi connectivity index (χ4v) is 2.82. The Morgan fingerprint density at radius 3 is 2.05 bits per heavy atom. The van der Waals surface area contributed by atoms with E-state index in [1.54, 1.807) is 0 Å². The van der Waals surface area contributed by atoms with E-state index in [4.69, 9.17) is 0 Å². The normalized spacial score (nSPS) is 18.3. The maximum absolute atomic E-state index is 3.80. The van der Waals surface area contributed by atoms with Crippen molar-refractivity contribution in [1.29, 1.82) is 0 Å². The molecule has 0 aromatic heterocycles. The number of nitrogens with zero attached hydrogens (tertiary/aromatic N) is 1. The van der Waals surface area contributed by atoms with Crippen LogP contribution in [0.15, 0.2) is 30.8 Å². The fourth-order valence-electron chi connectivity index (χ4n) is 2.82. The van der Waals surface area contributed by atoms with Crippen LogP contribution in [0.4, 0.5) is 0 Å². The lowest BCUT2D eigenvalue weighted by molar-refractivity contribution is 0.272. The zero-order chi connectivity index (χ0) is 13.3. The predicted molar refractivity (Wildman–Crippen MR) is 84.4 cm³/mol. The van der Waals surface area contributed by atoms with Gasteiger partial charge in [-0.25, -0.2) is 0 Å². The van der Waals surface area contributed by atoms with E-state index in [0.717, 1.165) is 0 Å². The Morgan fingerprint density at radius 1 is 0.895 bits per heavy atom. The Hall–Kier alpha value is -1.08. The van der Waals surface area contributed by atoms with Crippen molar-refractivity contribution in [1.82, 2.24) is 4.90 Å². The van der Waals surface area contributed by atoms with Crippen molar-refractivity contribution in [3.8, 4) is 0 Å². The van der Waals surface area contributed by atoms with E-state index in [9.17, 15) is 0 Å². The minimum Gasteiger partial charge on any atom is -0.303 e. The van der Waals surface area contributed by atoms with Crippen molar-refractivity contribution in [3.05, 3.63) is 42.0 Å². The van der Waals surface area contributed by atoms with Crippen LogP contribution < -0.4 is 0 Å². The van der Waals surface area contributed by atoms with Gasteiger partial charge in [0.25, 0.3) is 0 Å². The van der Waals surface area contributed by atoms with Gasteiger partial charge in [0.1, 0.15) is 0 Å². The summed E-state index contributed by atoms with van der Waals surface area (Å²) >= 11 is 0. The first-order valence-corrected chi connectivity index (χ1v) is 7.82. The average molecular weight is 257 g/mol. The highest BCUT2D eigenvalue weighted by Crippen LogP contribution is 2.12. The summed E-state index contributed by atoms with van der Waals surface area (Å²) in [5.41, 5.74) is 2.66. The van der Waals surface area contributed by atoms with Crippen molar-refractivity contribution in [2.24, 2.45) is 0 Å². The Kier molecular flexibility index (Phi) is 6.16. The first-order valence-electron chi connectivity index (χ1n) is 7.82. The molecular formula is C18H27N. The first kappa shape index (κ1) is 14.3. The third-order valence-electron chi connectivity index (χ3n) is 4.13. The molecule has 0 N–H and O–H groups in total. The topological polar surface area (TPSA) is 3.24 Å². The largest absolute Gasteiger partial charge is 0.303 e. The molecule has 19 heavy (non-hydrogen) atoms. The molecule has 1 nitrogen and oxygen atoms in total. The van der Waals surface area contributed by atoms with Crippen molar-refractivity contribution in [2.75, 3.05) is 19.6 Å². The van der Waals surface area contributed by atoms with E-state index < -0.39 is 0 Å². The van der Waals surface area contributed by atoms with Gasteiger partial charge in [0.05, 0.1) is 0 Å². The molecule has 104 valence electrons. The fraction of sp³-hybridized carbons (Fsp3) is 0.556. The molecule has 0 saturated carbocycles. The molecule has 1 aliphatic heterocycles. The number of hydrogen-bond donors (Lipinski definition) is 0. The molecule has 0 aliphatic carbocycles. The first-order chi connectivity index (χ1) is 9.38. The van der Waals surface area contributed by atoms with Crippen molar-refractivity contribution >= 4 is 6.08 Å². The van der Waals surface area contributed by atoms with Gasteiger partial charge in [0, 0.05) is 6.54 Å². The van der Waals surface area contributed by atoms with E-state index in [0.29, 0.717) is 0 Å². The second kappa shape index (κ2) is 8.16. The molecule has 0 spiro atoms. The van der Waals surface area contributed by atoms with Crippen LogP contribution in [0.1, 0.15) is 49.7 Å². The molecule has 0 bridgehead atoms. The molecule has 2 rings (SSSR count). The van der Waals surface area contributed by atoms with Gasteiger partial charge in [0.2, 0.25) is 0 Å². The van der Waals surface area contributed by atoms with E-state index in [2.05, 4.69) is 35.7 Å². The van der Waals surface area contributed by atoms with Gasteiger partial charge >= 0.3 is 0 Å². The monoisotopic (exact) mass is 257 g/mol. The van der Waals surface area contributed by atoms with Crippen LogP contribution in [0.3, 0.4) is 0 Å². The van der Waals surface area contributed by atoms with E-state index in [1.807, 2.05) is 6.08 Å². The molecule has 1 saturated heterocycles. The molecule has 1 heterocycles. The Bertz CT molecular complexity index is 356. The van der Waals surface area contributed by atoms with Gasteiger partial charge in [-0.05, 0) is 43.5 Å². The number of hydrogen-bond acceptors (Lipinski definition) is 1.